The van der Waals surface area contributed by atoms with Crippen molar-refractivity contribution in [1.29, 1.82) is 5.26 Å². The van der Waals surface area contributed by atoms with E-state index in [2.05, 4.69) is 11.4 Å². The average molecular weight is 289 g/mol. The van der Waals surface area contributed by atoms with Crippen molar-refractivity contribution >= 4 is 17.7 Å². The molecule has 0 aliphatic rings. The van der Waals surface area contributed by atoms with Crippen LogP contribution in [-0.2, 0) is 11.2 Å². The van der Waals surface area contributed by atoms with Crippen LogP contribution in [0.4, 0.5) is 10.5 Å². The molecule has 1 rings (SSSR count). The predicted molar refractivity (Wildman–Crippen MR) is 78.9 cm³/mol. The van der Waals surface area contributed by atoms with E-state index < -0.39 is 5.97 Å². The Morgan fingerprint density at radius 1 is 1.33 bits per heavy atom. The molecule has 112 valence electrons. The fourth-order valence-corrected chi connectivity index (χ4v) is 1.80. The summed E-state index contributed by atoms with van der Waals surface area (Å²) in [6.07, 6.45) is 0.234. The molecule has 0 aromatic heterocycles. The maximum absolute atomic E-state index is 12.1. The van der Waals surface area contributed by atoms with Gasteiger partial charge >= 0.3 is 12.0 Å². The minimum absolute atomic E-state index is 0.0906. The van der Waals surface area contributed by atoms with Crippen LogP contribution in [0, 0.1) is 11.3 Å². The molecule has 0 fully saturated rings. The van der Waals surface area contributed by atoms with Crippen LogP contribution in [0.1, 0.15) is 25.8 Å². The zero-order valence-corrected chi connectivity index (χ0v) is 12.2. The van der Waals surface area contributed by atoms with Crippen LogP contribution in [0.25, 0.3) is 0 Å². The molecule has 21 heavy (non-hydrogen) atoms. The number of hydrogen-bond donors (Lipinski definition) is 2. The number of benzene rings is 1. The van der Waals surface area contributed by atoms with Crippen molar-refractivity contribution in [3.63, 3.8) is 0 Å². The van der Waals surface area contributed by atoms with Gasteiger partial charge in [0.05, 0.1) is 18.9 Å². The first kappa shape index (κ1) is 16.5. The SMILES string of the molecule is CC(C)N(CCC(=O)O)C(=O)Nc1ccc(CC#N)cc1. The first-order chi connectivity index (χ1) is 9.93. The molecule has 1 aromatic rings. The largest absolute Gasteiger partial charge is 0.481 e. The van der Waals surface area contributed by atoms with Crippen molar-refractivity contribution in [1.82, 2.24) is 4.90 Å². The summed E-state index contributed by atoms with van der Waals surface area (Å²) in [5.41, 5.74) is 1.49. The number of nitrogens with one attached hydrogen (secondary N) is 1. The molecule has 0 aliphatic heterocycles. The number of carbonyl (C=O) groups excluding carboxylic acids is 1. The molecular formula is C15H19N3O3. The predicted octanol–water partition coefficient (Wildman–Crippen LogP) is 2.47. The summed E-state index contributed by atoms with van der Waals surface area (Å²) in [6.45, 7) is 3.82. The number of hydrogen-bond acceptors (Lipinski definition) is 3. The maximum atomic E-state index is 12.1. The summed E-state index contributed by atoms with van der Waals surface area (Å²) < 4.78 is 0. The van der Waals surface area contributed by atoms with Gasteiger partial charge in [0.15, 0.2) is 0 Å². The molecule has 2 amide bonds. The highest BCUT2D eigenvalue weighted by molar-refractivity contribution is 5.89. The van der Waals surface area contributed by atoms with E-state index in [9.17, 15) is 9.59 Å². The van der Waals surface area contributed by atoms with Gasteiger partial charge in [-0.3, -0.25) is 4.79 Å². The van der Waals surface area contributed by atoms with E-state index in [4.69, 9.17) is 10.4 Å². The third kappa shape index (κ3) is 5.53. The number of carboxylic acid groups (broad SMARTS) is 1. The Morgan fingerprint density at radius 2 is 1.95 bits per heavy atom. The van der Waals surface area contributed by atoms with Gasteiger partial charge in [-0.2, -0.15) is 5.26 Å². The van der Waals surface area contributed by atoms with E-state index in [0.29, 0.717) is 12.1 Å². The van der Waals surface area contributed by atoms with Crippen LogP contribution < -0.4 is 5.32 Å². The van der Waals surface area contributed by atoms with Crippen LogP contribution in [0.2, 0.25) is 0 Å². The Balaban J connectivity index is 2.68. The van der Waals surface area contributed by atoms with Gasteiger partial charge in [0.2, 0.25) is 0 Å². The van der Waals surface area contributed by atoms with E-state index in [-0.39, 0.29) is 25.0 Å². The van der Waals surface area contributed by atoms with Crippen LogP contribution in [0.3, 0.4) is 0 Å². The highest BCUT2D eigenvalue weighted by Gasteiger charge is 2.17. The van der Waals surface area contributed by atoms with Gasteiger partial charge in [-0.1, -0.05) is 12.1 Å². The minimum atomic E-state index is -0.936. The number of carboxylic acids is 1. The maximum Gasteiger partial charge on any atom is 0.322 e. The van der Waals surface area contributed by atoms with Gasteiger partial charge in [0, 0.05) is 18.3 Å². The Hall–Kier alpha value is -2.55. The van der Waals surface area contributed by atoms with Crippen molar-refractivity contribution in [3.8, 4) is 6.07 Å². The number of rotatable bonds is 6. The fraction of sp³-hybridized carbons (Fsp3) is 0.400. The van der Waals surface area contributed by atoms with Crippen LogP contribution >= 0.6 is 0 Å². The van der Waals surface area contributed by atoms with Crippen molar-refractivity contribution in [2.45, 2.75) is 32.7 Å². The van der Waals surface area contributed by atoms with Crippen molar-refractivity contribution < 1.29 is 14.7 Å². The summed E-state index contributed by atoms with van der Waals surface area (Å²) in [4.78, 5) is 24.2. The zero-order valence-electron chi connectivity index (χ0n) is 12.2. The molecule has 0 spiro atoms. The summed E-state index contributed by atoms with van der Waals surface area (Å²) >= 11 is 0. The molecule has 0 bridgehead atoms. The molecule has 0 heterocycles. The highest BCUT2D eigenvalue weighted by atomic mass is 16.4. The van der Waals surface area contributed by atoms with E-state index >= 15 is 0 Å². The summed E-state index contributed by atoms with van der Waals surface area (Å²) in [6, 6.07) is 8.62. The monoisotopic (exact) mass is 289 g/mol. The fourth-order valence-electron chi connectivity index (χ4n) is 1.80. The number of anilines is 1. The van der Waals surface area contributed by atoms with Gasteiger partial charge < -0.3 is 15.3 Å². The average Bonchev–Trinajstić information content (AvgIpc) is 2.40. The van der Waals surface area contributed by atoms with Crippen LogP contribution in [0.15, 0.2) is 24.3 Å². The zero-order chi connectivity index (χ0) is 15.8. The van der Waals surface area contributed by atoms with E-state index in [1.807, 2.05) is 13.8 Å². The van der Waals surface area contributed by atoms with Crippen molar-refractivity contribution in [2.24, 2.45) is 0 Å². The number of nitriles is 1. The standard InChI is InChI=1S/C15H19N3O3/c1-11(2)18(10-8-14(19)20)15(21)17-13-5-3-12(4-6-13)7-9-16/h3-6,11H,7-8,10H2,1-2H3,(H,17,21)(H,19,20). The molecule has 0 saturated carbocycles. The molecule has 0 unspecified atom stereocenters. The molecule has 2 N–H and O–H groups in total. The molecule has 0 atom stereocenters. The number of urea groups is 1. The Bertz CT molecular complexity index is 532. The Labute approximate surface area is 124 Å². The quantitative estimate of drug-likeness (QED) is 0.841. The molecule has 0 radical (unpaired) electrons. The van der Waals surface area contributed by atoms with E-state index in [1.165, 1.54) is 4.90 Å². The molecule has 1 aromatic carbocycles. The van der Waals surface area contributed by atoms with Gasteiger partial charge in [-0.15, -0.1) is 0 Å². The lowest BCUT2D eigenvalue weighted by atomic mass is 10.1. The van der Waals surface area contributed by atoms with Gasteiger partial charge in [-0.05, 0) is 31.5 Å². The normalized spacial score (nSPS) is 10.0. The molecule has 0 saturated heterocycles. The van der Waals surface area contributed by atoms with Crippen molar-refractivity contribution in [3.05, 3.63) is 29.8 Å². The Morgan fingerprint density at radius 3 is 2.43 bits per heavy atom. The van der Waals surface area contributed by atoms with Crippen molar-refractivity contribution in [2.75, 3.05) is 11.9 Å². The number of carbonyl (C=O) groups is 2. The van der Waals surface area contributed by atoms with Crippen LogP contribution in [-0.4, -0.2) is 34.6 Å². The summed E-state index contributed by atoms with van der Waals surface area (Å²) in [5, 5.41) is 20.0. The molecule has 6 nitrogen and oxygen atoms in total. The summed E-state index contributed by atoms with van der Waals surface area (Å²) in [5.74, 6) is -0.936. The smallest absolute Gasteiger partial charge is 0.322 e. The second-order valence-corrected chi connectivity index (χ2v) is 4.89. The second-order valence-electron chi connectivity index (χ2n) is 4.89. The topological polar surface area (TPSA) is 93.4 Å². The number of aliphatic carboxylic acids is 1. The lowest BCUT2D eigenvalue weighted by molar-refractivity contribution is -0.137. The van der Waals surface area contributed by atoms with Gasteiger partial charge in [0.1, 0.15) is 0 Å². The third-order valence-electron chi connectivity index (χ3n) is 2.94. The first-order valence-electron chi connectivity index (χ1n) is 6.69. The lowest BCUT2D eigenvalue weighted by Gasteiger charge is -2.26. The van der Waals surface area contributed by atoms with Crippen LogP contribution in [0.5, 0.6) is 0 Å². The lowest BCUT2D eigenvalue weighted by Crippen LogP contribution is -2.41. The second kappa shape index (κ2) is 7.90. The van der Waals surface area contributed by atoms with E-state index in [0.717, 1.165) is 5.56 Å². The molecule has 0 aliphatic carbocycles. The minimum Gasteiger partial charge on any atom is -0.481 e. The number of nitrogens with zero attached hydrogens (tertiary/aromatic N) is 2. The van der Waals surface area contributed by atoms with E-state index in [1.54, 1.807) is 24.3 Å². The van der Waals surface area contributed by atoms with Gasteiger partial charge in [0.25, 0.3) is 0 Å². The molecular weight excluding hydrogens is 270 g/mol. The number of amides is 2. The highest BCUT2D eigenvalue weighted by Crippen LogP contribution is 2.12. The third-order valence-corrected chi connectivity index (χ3v) is 2.94. The van der Waals surface area contributed by atoms with Gasteiger partial charge in [-0.25, -0.2) is 4.79 Å². The summed E-state index contributed by atoms with van der Waals surface area (Å²) in [7, 11) is 0. The first-order valence-corrected chi connectivity index (χ1v) is 6.69. The molecule has 6 heteroatoms. The Kier molecular flexibility index (Phi) is 6.21.